The molecular weight excluding hydrogens is 467 g/mol. The van der Waals surface area contributed by atoms with Crippen LogP contribution in [0.3, 0.4) is 0 Å². The molecular formula is C24H18Cl2N2O5. The number of hydrogen-bond acceptors (Lipinski definition) is 6. The monoisotopic (exact) mass is 484 g/mol. The highest BCUT2D eigenvalue weighted by Crippen LogP contribution is 2.45. The van der Waals surface area contributed by atoms with Crippen LogP contribution in [-0.2, 0) is 9.59 Å². The number of phenolic OH excluding ortho intramolecular Hbond substituents is 1. The molecule has 0 aliphatic carbocycles. The van der Waals surface area contributed by atoms with Crippen LogP contribution in [0.1, 0.15) is 22.7 Å². The predicted molar refractivity (Wildman–Crippen MR) is 125 cm³/mol. The molecule has 1 aliphatic heterocycles. The van der Waals surface area contributed by atoms with Crippen LogP contribution in [-0.4, -0.2) is 34.0 Å². The minimum absolute atomic E-state index is 0.120. The second kappa shape index (κ2) is 8.77. The molecule has 0 spiro atoms. The number of hydrogen-bond donors (Lipinski definition) is 2. The van der Waals surface area contributed by atoms with Crippen molar-refractivity contribution in [3.63, 3.8) is 0 Å². The van der Waals surface area contributed by atoms with Gasteiger partial charge in [0.15, 0.2) is 5.75 Å². The first kappa shape index (κ1) is 22.6. The van der Waals surface area contributed by atoms with Gasteiger partial charge in [-0.2, -0.15) is 0 Å². The van der Waals surface area contributed by atoms with Crippen molar-refractivity contribution >= 4 is 46.3 Å². The Balaban J connectivity index is 1.98. The van der Waals surface area contributed by atoms with E-state index >= 15 is 0 Å². The molecule has 2 aromatic carbocycles. The molecule has 0 bridgehead atoms. The van der Waals surface area contributed by atoms with Crippen LogP contribution in [0.4, 0.5) is 5.69 Å². The molecule has 33 heavy (non-hydrogen) atoms. The van der Waals surface area contributed by atoms with Crippen molar-refractivity contribution in [2.45, 2.75) is 13.0 Å². The lowest BCUT2D eigenvalue weighted by Gasteiger charge is -2.26. The first-order chi connectivity index (χ1) is 15.7. The lowest BCUT2D eigenvalue weighted by Crippen LogP contribution is -2.29. The van der Waals surface area contributed by atoms with Crippen LogP contribution in [0.15, 0.2) is 60.4 Å². The molecule has 2 heterocycles. The van der Waals surface area contributed by atoms with E-state index in [-0.39, 0.29) is 38.4 Å². The van der Waals surface area contributed by atoms with Gasteiger partial charge in [0, 0.05) is 18.0 Å². The number of Topliss-reactive ketones (excluding diaryl/α,β-unsaturated/α-hetero) is 1. The number of carbonyl (C=O) groups excluding carboxylic acids is 2. The average molecular weight is 485 g/mol. The summed E-state index contributed by atoms with van der Waals surface area (Å²) >= 11 is 12.4. The molecule has 1 aromatic heterocycles. The number of carbonyl (C=O) groups is 2. The number of ketones is 1. The second-order valence-electron chi connectivity index (χ2n) is 7.42. The van der Waals surface area contributed by atoms with E-state index in [1.165, 1.54) is 31.5 Å². The Morgan fingerprint density at radius 2 is 1.82 bits per heavy atom. The summed E-state index contributed by atoms with van der Waals surface area (Å²) in [4.78, 5) is 31.6. The van der Waals surface area contributed by atoms with Gasteiger partial charge in [-0.05, 0) is 48.4 Å². The molecule has 1 fully saturated rings. The van der Waals surface area contributed by atoms with Crippen LogP contribution < -0.4 is 9.64 Å². The number of phenols is 1. The summed E-state index contributed by atoms with van der Waals surface area (Å²) in [5.41, 5.74) is 1.31. The summed E-state index contributed by atoms with van der Waals surface area (Å²) in [6.45, 7) is 1.79. The summed E-state index contributed by atoms with van der Waals surface area (Å²) in [7, 11) is 1.40. The molecule has 1 atom stereocenters. The first-order valence-corrected chi connectivity index (χ1v) is 10.5. The summed E-state index contributed by atoms with van der Waals surface area (Å²) in [6, 6.07) is 9.75. The summed E-state index contributed by atoms with van der Waals surface area (Å²) in [5, 5.41) is 21.9. The Kier molecular flexibility index (Phi) is 6.01. The van der Waals surface area contributed by atoms with E-state index < -0.39 is 23.5 Å². The van der Waals surface area contributed by atoms with Crippen LogP contribution >= 0.6 is 23.2 Å². The fourth-order valence-corrected chi connectivity index (χ4v) is 4.45. The molecule has 7 nitrogen and oxygen atoms in total. The zero-order valence-electron chi connectivity index (χ0n) is 17.5. The van der Waals surface area contributed by atoms with Gasteiger partial charge in [0.05, 0.1) is 34.5 Å². The van der Waals surface area contributed by atoms with Crippen molar-refractivity contribution in [1.29, 1.82) is 0 Å². The number of benzene rings is 2. The third kappa shape index (κ3) is 3.90. The number of ether oxygens (including phenoxy) is 1. The lowest BCUT2D eigenvalue weighted by molar-refractivity contribution is -0.132. The van der Waals surface area contributed by atoms with Gasteiger partial charge < -0.3 is 14.9 Å². The van der Waals surface area contributed by atoms with E-state index in [4.69, 9.17) is 27.9 Å². The molecule has 3 aromatic rings. The Morgan fingerprint density at radius 3 is 2.42 bits per heavy atom. The second-order valence-corrected chi connectivity index (χ2v) is 8.24. The van der Waals surface area contributed by atoms with Crippen molar-refractivity contribution in [3.8, 4) is 11.5 Å². The van der Waals surface area contributed by atoms with Gasteiger partial charge in [0.1, 0.15) is 11.5 Å². The van der Waals surface area contributed by atoms with Crippen LogP contribution in [0.25, 0.3) is 5.76 Å². The van der Waals surface area contributed by atoms with Gasteiger partial charge in [-0.3, -0.25) is 19.5 Å². The molecule has 168 valence electrons. The highest BCUT2D eigenvalue weighted by Gasteiger charge is 2.48. The Labute approximate surface area is 199 Å². The smallest absolute Gasteiger partial charge is 0.300 e. The van der Waals surface area contributed by atoms with Gasteiger partial charge in [0.2, 0.25) is 0 Å². The highest BCUT2D eigenvalue weighted by molar-refractivity contribution is 6.52. The van der Waals surface area contributed by atoms with Crippen molar-refractivity contribution in [2.24, 2.45) is 0 Å². The maximum absolute atomic E-state index is 13.2. The number of aliphatic hydroxyl groups is 1. The van der Waals surface area contributed by atoms with E-state index in [9.17, 15) is 19.8 Å². The number of rotatable bonds is 4. The summed E-state index contributed by atoms with van der Waals surface area (Å²) < 4.78 is 5.14. The lowest BCUT2D eigenvalue weighted by atomic mass is 9.96. The van der Waals surface area contributed by atoms with E-state index in [1.807, 2.05) is 0 Å². The zero-order chi connectivity index (χ0) is 23.9. The van der Waals surface area contributed by atoms with Crippen molar-refractivity contribution < 1.29 is 24.5 Å². The maximum Gasteiger partial charge on any atom is 0.300 e. The van der Waals surface area contributed by atoms with Crippen LogP contribution in [0.5, 0.6) is 11.5 Å². The molecule has 0 radical (unpaired) electrons. The van der Waals surface area contributed by atoms with Gasteiger partial charge in [0.25, 0.3) is 11.7 Å². The highest BCUT2D eigenvalue weighted by atomic mass is 35.5. The molecule has 9 heteroatoms. The molecule has 1 unspecified atom stereocenters. The van der Waals surface area contributed by atoms with E-state index in [1.54, 1.807) is 37.4 Å². The first-order valence-electron chi connectivity index (χ1n) is 9.78. The minimum atomic E-state index is -1.05. The number of nitrogens with zero attached hydrogens (tertiary/aromatic N) is 2. The number of aliphatic hydroxyl groups excluding tert-OH is 1. The third-order valence-corrected chi connectivity index (χ3v) is 5.87. The van der Waals surface area contributed by atoms with Crippen LogP contribution in [0.2, 0.25) is 10.0 Å². The van der Waals surface area contributed by atoms with Gasteiger partial charge >= 0.3 is 0 Å². The number of amides is 1. The summed E-state index contributed by atoms with van der Waals surface area (Å²) in [5.74, 6) is -2.28. The van der Waals surface area contributed by atoms with E-state index in [0.29, 0.717) is 5.56 Å². The molecule has 0 saturated carbocycles. The predicted octanol–water partition coefficient (Wildman–Crippen LogP) is 5.04. The number of methoxy groups -OCH3 is 1. The average Bonchev–Trinajstić information content (AvgIpc) is 3.06. The Hall–Kier alpha value is -3.55. The SMILES string of the molecule is COc1c(Cl)cc(/C(O)=C2\C(=O)C(=O)N(c3cc(C)ccc3O)C2c2cccnc2)cc1Cl. The Bertz CT molecular complexity index is 1280. The van der Waals surface area contributed by atoms with Gasteiger partial charge in [-0.1, -0.05) is 35.3 Å². The molecule has 2 N–H and O–H groups in total. The Morgan fingerprint density at radius 1 is 1.12 bits per heavy atom. The molecule has 1 aliphatic rings. The number of halogens is 2. The number of anilines is 1. The summed E-state index contributed by atoms with van der Waals surface area (Å²) in [6.07, 6.45) is 3.03. The fraction of sp³-hybridized carbons (Fsp3) is 0.125. The zero-order valence-corrected chi connectivity index (χ0v) is 19.1. The quantitative estimate of drug-likeness (QED) is 0.305. The van der Waals surface area contributed by atoms with Crippen molar-refractivity contribution in [3.05, 3.63) is 87.2 Å². The number of aromatic hydroxyl groups is 1. The number of aryl methyl sites for hydroxylation is 1. The maximum atomic E-state index is 13.2. The molecule has 1 saturated heterocycles. The molecule has 1 amide bonds. The van der Waals surface area contributed by atoms with E-state index in [2.05, 4.69) is 4.98 Å². The van der Waals surface area contributed by atoms with Crippen molar-refractivity contribution in [1.82, 2.24) is 4.98 Å². The van der Waals surface area contributed by atoms with Gasteiger partial charge in [-0.25, -0.2) is 0 Å². The van der Waals surface area contributed by atoms with E-state index in [0.717, 1.165) is 10.5 Å². The standard InChI is InChI=1S/C24H18Cl2N2O5/c1-12-5-6-18(29)17(8-12)28-20(13-4-3-7-27-11-13)19(22(31)24(28)32)21(30)14-9-15(25)23(33-2)16(26)10-14/h3-11,20,29-30H,1-2H3/b21-19+. The third-order valence-electron chi connectivity index (χ3n) is 5.31. The topological polar surface area (TPSA) is 100.0 Å². The largest absolute Gasteiger partial charge is 0.507 e. The fourth-order valence-electron chi connectivity index (χ4n) is 3.81. The number of aromatic nitrogens is 1. The van der Waals surface area contributed by atoms with Crippen molar-refractivity contribution in [2.75, 3.05) is 12.0 Å². The minimum Gasteiger partial charge on any atom is -0.507 e. The van der Waals surface area contributed by atoms with Crippen LogP contribution in [0, 0.1) is 6.92 Å². The molecule has 4 rings (SSSR count). The normalized spacial score (nSPS) is 17.5. The number of pyridine rings is 1. The van der Waals surface area contributed by atoms with Gasteiger partial charge in [-0.15, -0.1) is 0 Å².